The summed E-state index contributed by atoms with van der Waals surface area (Å²) >= 11 is 0. The zero-order valence-corrected chi connectivity index (χ0v) is 12.8. The molecule has 0 aromatic heterocycles. The maximum Gasteiger partial charge on any atom is 0.201 e. The van der Waals surface area contributed by atoms with Crippen LogP contribution in [0.4, 0.5) is 8.78 Å². The van der Waals surface area contributed by atoms with E-state index in [-0.39, 0.29) is 17.7 Å². The molecular formula is C17H18F2N2O. The molecule has 22 heavy (non-hydrogen) atoms. The second-order valence-electron chi connectivity index (χ2n) is 5.14. The van der Waals surface area contributed by atoms with E-state index in [1.54, 1.807) is 31.2 Å². The number of hydrogen-bond donors (Lipinski definition) is 0. The lowest BCUT2D eigenvalue weighted by Gasteiger charge is -2.23. The molecule has 0 spiro atoms. The summed E-state index contributed by atoms with van der Waals surface area (Å²) < 4.78 is 31.4. The lowest BCUT2D eigenvalue weighted by atomic mass is 10.1. The molecule has 0 aliphatic carbocycles. The number of hydrogen-bond acceptors (Lipinski definition) is 3. The third-order valence-electron chi connectivity index (χ3n) is 3.55. The van der Waals surface area contributed by atoms with Crippen molar-refractivity contribution in [3.05, 3.63) is 71.3 Å². The highest BCUT2D eigenvalue weighted by molar-refractivity contribution is 5.22. The van der Waals surface area contributed by atoms with E-state index in [0.29, 0.717) is 5.56 Å². The third-order valence-corrected chi connectivity index (χ3v) is 3.55. The number of azo groups is 1. The minimum atomic E-state index is -0.998. The number of nitrogens with zero attached hydrogens (tertiary/aromatic N) is 2. The van der Waals surface area contributed by atoms with E-state index in [4.69, 9.17) is 4.74 Å². The van der Waals surface area contributed by atoms with Crippen LogP contribution in [0.25, 0.3) is 0 Å². The lowest BCUT2D eigenvalue weighted by Crippen LogP contribution is -2.21. The van der Waals surface area contributed by atoms with Crippen LogP contribution in [0.15, 0.2) is 58.8 Å². The summed E-state index contributed by atoms with van der Waals surface area (Å²) in [7, 11) is 1.52. The summed E-state index contributed by atoms with van der Waals surface area (Å²) in [6.45, 7) is 3.61. The zero-order valence-electron chi connectivity index (χ0n) is 12.8. The Hall–Kier alpha value is -2.14. The summed E-state index contributed by atoms with van der Waals surface area (Å²) in [6.07, 6.45) is 0. The molecule has 0 bridgehead atoms. The molecule has 0 aliphatic rings. The summed E-state index contributed by atoms with van der Waals surface area (Å²) in [4.78, 5) is 0. The van der Waals surface area contributed by atoms with Gasteiger partial charge in [-0.3, -0.25) is 0 Å². The first-order valence-electron chi connectivity index (χ1n) is 6.93. The highest BCUT2D eigenvalue weighted by atomic mass is 19.1. The highest BCUT2D eigenvalue weighted by Gasteiger charge is 2.26. The van der Waals surface area contributed by atoms with E-state index >= 15 is 0 Å². The summed E-state index contributed by atoms with van der Waals surface area (Å²) in [5.74, 6) is -0.611. The van der Waals surface area contributed by atoms with Crippen molar-refractivity contribution in [2.75, 3.05) is 7.11 Å². The van der Waals surface area contributed by atoms with Crippen LogP contribution in [0.5, 0.6) is 0 Å². The molecule has 0 fully saturated rings. The van der Waals surface area contributed by atoms with Gasteiger partial charge in [-0.15, -0.1) is 0 Å². The number of benzene rings is 2. The molecule has 0 aliphatic heterocycles. The van der Waals surface area contributed by atoms with E-state index in [1.165, 1.54) is 31.4 Å². The van der Waals surface area contributed by atoms with Crippen LogP contribution < -0.4 is 0 Å². The molecule has 116 valence electrons. The van der Waals surface area contributed by atoms with Gasteiger partial charge in [-0.05, 0) is 43.7 Å². The Bertz CT molecular complexity index is 641. The number of methoxy groups -OCH3 is 1. The topological polar surface area (TPSA) is 34.0 Å². The average Bonchev–Trinajstić information content (AvgIpc) is 2.53. The molecule has 0 saturated heterocycles. The Kier molecular flexibility index (Phi) is 4.98. The van der Waals surface area contributed by atoms with Gasteiger partial charge in [0.2, 0.25) is 5.72 Å². The monoisotopic (exact) mass is 304 g/mol. The predicted octanol–water partition coefficient (Wildman–Crippen LogP) is 5.00. The van der Waals surface area contributed by atoms with Crippen molar-refractivity contribution in [1.82, 2.24) is 0 Å². The smallest absolute Gasteiger partial charge is 0.201 e. The molecule has 2 aromatic carbocycles. The van der Waals surface area contributed by atoms with Crippen LogP contribution in [-0.2, 0) is 10.5 Å². The Morgan fingerprint density at radius 3 is 1.95 bits per heavy atom. The van der Waals surface area contributed by atoms with Gasteiger partial charge in [0.1, 0.15) is 11.6 Å². The van der Waals surface area contributed by atoms with Crippen molar-refractivity contribution < 1.29 is 13.5 Å². The molecule has 0 heterocycles. The summed E-state index contributed by atoms with van der Waals surface area (Å²) in [6, 6.07) is 11.8. The minimum absolute atomic E-state index is 0.240. The van der Waals surface area contributed by atoms with Gasteiger partial charge in [0.25, 0.3) is 0 Å². The third kappa shape index (κ3) is 3.74. The Morgan fingerprint density at radius 2 is 1.45 bits per heavy atom. The van der Waals surface area contributed by atoms with E-state index in [1.807, 2.05) is 6.92 Å². The number of rotatable bonds is 5. The molecule has 2 aromatic rings. The molecule has 2 unspecified atom stereocenters. The molecule has 0 amide bonds. The standard InChI is InChI=1S/C17H18F2N2O/c1-12(13-4-8-15(18)9-5-13)20-21-17(2,22-3)14-6-10-16(19)11-7-14/h4-12H,1-3H3/b21-20+. The molecule has 2 atom stereocenters. The maximum absolute atomic E-state index is 13.0. The van der Waals surface area contributed by atoms with E-state index < -0.39 is 5.72 Å². The quantitative estimate of drug-likeness (QED) is 0.716. The second-order valence-corrected chi connectivity index (χ2v) is 5.14. The SMILES string of the molecule is COC(C)(/N=N/C(C)c1ccc(F)cc1)c1ccc(F)cc1. The molecule has 0 radical (unpaired) electrons. The van der Waals surface area contributed by atoms with Crippen molar-refractivity contribution >= 4 is 0 Å². The first kappa shape index (κ1) is 16.2. The number of ether oxygens (including phenoxy) is 1. The van der Waals surface area contributed by atoms with Crippen LogP contribution in [0.3, 0.4) is 0 Å². The largest absolute Gasteiger partial charge is 0.352 e. The molecule has 5 heteroatoms. The van der Waals surface area contributed by atoms with Crippen LogP contribution in [0, 0.1) is 11.6 Å². The molecule has 2 rings (SSSR count). The Morgan fingerprint density at radius 1 is 0.955 bits per heavy atom. The fourth-order valence-electron chi connectivity index (χ4n) is 1.98. The fourth-order valence-corrected chi connectivity index (χ4v) is 1.98. The van der Waals surface area contributed by atoms with Gasteiger partial charge in [0, 0.05) is 12.7 Å². The first-order valence-corrected chi connectivity index (χ1v) is 6.93. The average molecular weight is 304 g/mol. The van der Waals surface area contributed by atoms with Gasteiger partial charge in [-0.2, -0.15) is 10.2 Å². The van der Waals surface area contributed by atoms with Gasteiger partial charge < -0.3 is 4.74 Å². The molecule has 0 N–H and O–H groups in total. The Labute approximate surface area is 128 Å². The predicted molar refractivity (Wildman–Crippen MR) is 80.4 cm³/mol. The van der Waals surface area contributed by atoms with Gasteiger partial charge in [-0.25, -0.2) is 8.78 Å². The summed E-state index contributed by atoms with van der Waals surface area (Å²) in [5.41, 5.74) is 0.552. The van der Waals surface area contributed by atoms with Crippen LogP contribution in [0.1, 0.15) is 31.0 Å². The van der Waals surface area contributed by atoms with Gasteiger partial charge in [-0.1, -0.05) is 24.3 Å². The van der Waals surface area contributed by atoms with Gasteiger partial charge >= 0.3 is 0 Å². The van der Waals surface area contributed by atoms with E-state index in [2.05, 4.69) is 10.2 Å². The fraction of sp³-hybridized carbons (Fsp3) is 0.294. The van der Waals surface area contributed by atoms with E-state index in [9.17, 15) is 8.78 Å². The number of halogens is 2. The maximum atomic E-state index is 13.0. The first-order chi connectivity index (χ1) is 10.4. The van der Waals surface area contributed by atoms with E-state index in [0.717, 1.165) is 5.56 Å². The van der Waals surface area contributed by atoms with Crippen LogP contribution in [-0.4, -0.2) is 7.11 Å². The van der Waals surface area contributed by atoms with Gasteiger partial charge in [0.15, 0.2) is 0 Å². The minimum Gasteiger partial charge on any atom is -0.352 e. The van der Waals surface area contributed by atoms with Crippen molar-refractivity contribution in [3.8, 4) is 0 Å². The lowest BCUT2D eigenvalue weighted by molar-refractivity contribution is 0.00213. The van der Waals surface area contributed by atoms with Crippen molar-refractivity contribution in [2.24, 2.45) is 10.2 Å². The van der Waals surface area contributed by atoms with Gasteiger partial charge in [0.05, 0.1) is 6.04 Å². The molecular weight excluding hydrogens is 286 g/mol. The van der Waals surface area contributed by atoms with Crippen LogP contribution >= 0.6 is 0 Å². The van der Waals surface area contributed by atoms with Crippen molar-refractivity contribution in [3.63, 3.8) is 0 Å². The highest BCUT2D eigenvalue weighted by Crippen LogP contribution is 2.29. The zero-order chi connectivity index (χ0) is 16.2. The van der Waals surface area contributed by atoms with Crippen LogP contribution in [0.2, 0.25) is 0 Å². The normalized spacial score (nSPS) is 15.7. The second kappa shape index (κ2) is 6.75. The molecule has 0 saturated carbocycles. The van der Waals surface area contributed by atoms with Crippen molar-refractivity contribution in [2.45, 2.75) is 25.6 Å². The Balaban J connectivity index is 2.21. The van der Waals surface area contributed by atoms with Crippen molar-refractivity contribution in [1.29, 1.82) is 0 Å². The summed E-state index contributed by atoms with van der Waals surface area (Å²) in [5, 5.41) is 8.51. The molecule has 3 nitrogen and oxygen atoms in total.